The maximum absolute atomic E-state index is 11.9. The Bertz CT molecular complexity index is 408. The maximum Gasteiger partial charge on any atom is 0.324 e. The van der Waals surface area contributed by atoms with E-state index < -0.39 is 0 Å². The minimum atomic E-state index is -0.180. The van der Waals surface area contributed by atoms with Gasteiger partial charge in [0, 0.05) is 37.3 Å². The number of hydrogen-bond acceptors (Lipinski definition) is 6. The van der Waals surface area contributed by atoms with Crippen molar-refractivity contribution in [2.75, 3.05) is 26.2 Å². The number of piperazine rings is 1. The Labute approximate surface area is 111 Å². The molecule has 1 fully saturated rings. The summed E-state index contributed by atoms with van der Waals surface area (Å²) in [6, 6.07) is -0.180. The Kier molecular flexibility index (Phi) is 4.68. The predicted octanol–water partition coefficient (Wildman–Crippen LogP) is 0.788. The number of nitrogens with one attached hydrogen (secondary N) is 1. The second kappa shape index (κ2) is 6.26. The zero-order valence-corrected chi connectivity index (χ0v) is 11.6. The standard InChI is InChI=1S/C12H19N3O2S/c1-3-17-12(16)11-7-13-4-5-15(11)8-10-6-14-9(2)18-10/h6,11,13H,3-5,7-8H2,1-2H3. The Morgan fingerprint density at radius 3 is 3.22 bits per heavy atom. The van der Waals surface area contributed by atoms with Crippen molar-refractivity contribution in [1.82, 2.24) is 15.2 Å². The molecular weight excluding hydrogens is 250 g/mol. The van der Waals surface area contributed by atoms with Crippen LogP contribution in [0.1, 0.15) is 16.8 Å². The Morgan fingerprint density at radius 2 is 2.56 bits per heavy atom. The molecule has 2 rings (SSSR count). The first-order valence-electron chi connectivity index (χ1n) is 6.23. The zero-order valence-electron chi connectivity index (χ0n) is 10.8. The molecule has 0 saturated carbocycles. The molecule has 2 heterocycles. The van der Waals surface area contributed by atoms with Crippen molar-refractivity contribution in [2.24, 2.45) is 0 Å². The number of nitrogens with zero attached hydrogens (tertiary/aromatic N) is 2. The van der Waals surface area contributed by atoms with E-state index in [1.165, 1.54) is 4.88 Å². The summed E-state index contributed by atoms with van der Waals surface area (Å²) >= 11 is 1.68. The van der Waals surface area contributed by atoms with Crippen molar-refractivity contribution in [3.63, 3.8) is 0 Å². The average Bonchev–Trinajstić information content (AvgIpc) is 2.76. The van der Waals surface area contributed by atoms with E-state index >= 15 is 0 Å². The molecule has 1 saturated heterocycles. The molecule has 1 atom stereocenters. The van der Waals surface area contributed by atoms with E-state index in [1.54, 1.807) is 11.3 Å². The summed E-state index contributed by atoms with van der Waals surface area (Å²) in [5, 5.41) is 4.30. The van der Waals surface area contributed by atoms with Crippen LogP contribution in [0.25, 0.3) is 0 Å². The average molecular weight is 269 g/mol. The van der Waals surface area contributed by atoms with E-state index in [4.69, 9.17) is 4.74 Å². The first-order chi connectivity index (χ1) is 8.70. The number of ether oxygens (including phenoxy) is 1. The lowest BCUT2D eigenvalue weighted by atomic mass is 10.2. The highest BCUT2D eigenvalue weighted by molar-refractivity contribution is 7.11. The van der Waals surface area contributed by atoms with E-state index in [2.05, 4.69) is 15.2 Å². The molecule has 5 nitrogen and oxygen atoms in total. The molecule has 0 aromatic carbocycles. The van der Waals surface area contributed by atoms with Crippen molar-refractivity contribution >= 4 is 17.3 Å². The summed E-state index contributed by atoms with van der Waals surface area (Å²) < 4.78 is 5.12. The molecule has 1 aromatic heterocycles. The van der Waals surface area contributed by atoms with Crippen molar-refractivity contribution in [1.29, 1.82) is 0 Å². The number of hydrogen-bond donors (Lipinski definition) is 1. The summed E-state index contributed by atoms with van der Waals surface area (Å²) in [5.41, 5.74) is 0. The van der Waals surface area contributed by atoms with E-state index in [9.17, 15) is 4.79 Å². The van der Waals surface area contributed by atoms with Gasteiger partial charge < -0.3 is 10.1 Å². The quantitative estimate of drug-likeness (QED) is 0.819. The maximum atomic E-state index is 11.9. The smallest absolute Gasteiger partial charge is 0.324 e. The van der Waals surface area contributed by atoms with E-state index in [0.717, 1.165) is 24.6 Å². The van der Waals surface area contributed by atoms with Gasteiger partial charge in [0.05, 0.1) is 11.6 Å². The molecule has 1 aliphatic heterocycles. The predicted molar refractivity (Wildman–Crippen MR) is 70.6 cm³/mol. The summed E-state index contributed by atoms with van der Waals surface area (Å²) in [6.45, 7) is 7.48. The molecule has 0 bridgehead atoms. The first-order valence-corrected chi connectivity index (χ1v) is 7.05. The second-order valence-corrected chi connectivity index (χ2v) is 5.61. The highest BCUT2D eigenvalue weighted by Gasteiger charge is 2.29. The van der Waals surface area contributed by atoms with Gasteiger partial charge in [-0.3, -0.25) is 9.69 Å². The molecule has 1 unspecified atom stereocenters. The third-order valence-corrected chi connectivity index (χ3v) is 3.84. The number of carbonyl (C=O) groups is 1. The zero-order chi connectivity index (χ0) is 13.0. The van der Waals surface area contributed by atoms with E-state index in [-0.39, 0.29) is 12.0 Å². The van der Waals surface area contributed by atoms with Gasteiger partial charge in [0.1, 0.15) is 6.04 Å². The molecule has 100 valence electrons. The molecule has 0 spiro atoms. The largest absolute Gasteiger partial charge is 0.465 e. The lowest BCUT2D eigenvalue weighted by Gasteiger charge is -2.33. The fourth-order valence-corrected chi connectivity index (χ4v) is 2.91. The molecule has 1 aromatic rings. The summed E-state index contributed by atoms with van der Waals surface area (Å²) in [4.78, 5) is 19.5. The minimum absolute atomic E-state index is 0.133. The lowest BCUT2D eigenvalue weighted by Crippen LogP contribution is -2.54. The number of thiazole rings is 1. The normalized spacial score (nSPS) is 20.9. The number of rotatable bonds is 4. The summed E-state index contributed by atoms with van der Waals surface area (Å²) in [7, 11) is 0. The molecule has 1 aliphatic rings. The topological polar surface area (TPSA) is 54.5 Å². The first kappa shape index (κ1) is 13.5. The Morgan fingerprint density at radius 1 is 1.72 bits per heavy atom. The molecule has 0 amide bonds. The van der Waals surface area contributed by atoms with Crippen LogP contribution in [0.4, 0.5) is 0 Å². The second-order valence-electron chi connectivity index (χ2n) is 4.29. The lowest BCUT2D eigenvalue weighted by molar-refractivity contribution is -0.150. The van der Waals surface area contributed by atoms with Gasteiger partial charge in [0.2, 0.25) is 0 Å². The van der Waals surface area contributed by atoms with Gasteiger partial charge >= 0.3 is 5.97 Å². The Balaban J connectivity index is 2.01. The van der Waals surface area contributed by atoms with Crippen molar-refractivity contribution in [3.8, 4) is 0 Å². The van der Waals surface area contributed by atoms with Gasteiger partial charge in [-0.05, 0) is 13.8 Å². The van der Waals surface area contributed by atoms with E-state index in [0.29, 0.717) is 13.2 Å². The SMILES string of the molecule is CCOC(=O)C1CNCCN1Cc1cnc(C)s1. The van der Waals surface area contributed by atoms with Crippen LogP contribution >= 0.6 is 11.3 Å². The fraction of sp³-hybridized carbons (Fsp3) is 0.667. The number of aryl methyl sites for hydroxylation is 1. The van der Waals surface area contributed by atoms with Crippen molar-refractivity contribution in [3.05, 3.63) is 16.1 Å². The van der Waals surface area contributed by atoms with Crippen LogP contribution in [0.5, 0.6) is 0 Å². The summed E-state index contributed by atoms with van der Waals surface area (Å²) in [6.07, 6.45) is 1.89. The number of carbonyl (C=O) groups excluding carboxylic acids is 1. The molecule has 0 radical (unpaired) electrons. The van der Waals surface area contributed by atoms with Gasteiger partial charge in [-0.2, -0.15) is 0 Å². The number of aromatic nitrogens is 1. The van der Waals surface area contributed by atoms with Gasteiger partial charge in [-0.15, -0.1) is 11.3 Å². The van der Waals surface area contributed by atoms with Crippen LogP contribution in [0.15, 0.2) is 6.20 Å². The highest BCUT2D eigenvalue weighted by Crippen LogP contribution is 2.17. The van der Waals surface area contributed by atoms with Crippen LogP contribution in [-0.4, -0.2) is 48.1 Å². The highest BCUT2D eigenvalue weighted by atomic mass is 32.1. The van der Waals surface area contributed by atoms with Crippen LogP contribution in [-0.2, 0) is 16.1 Å². The Hall–Kier alpha value is -0.980. The third kappa shape index (κ3) is 3.28. The van der Waals surface area contributed by atoms with Crippen LogP contribution in [0.2, 0.25) is 0 Å². The number of esters is 1. The molecule has 0 aliphatic carbocycles. The minimum Gasteiger partial charge on any atom is -0.465 e. The molecular formula is C12H19N3O2S. The summed E-state index contributed by atoms with van der Waals surface area (Å²) in [5.74, 6) is -0.133. The molecule has 18 heavy (non-hydrogen) atoms. The van der Waals surface area contributed by atoms with Crippen LogP contribution in [0, 0.1) is 6.92 Å². The third-order valence-electron chi connectivity index (χ3n) is 2.94. The van der Waals surface area contributed by atoms with Crippen molar-refractivity contribution in [2.45, 2.75) is 26.4 Å². The van der Waals surface area contributed by atoms with Gasteiger partial charge in [0.25, 0.3) is 0 Å². The van der Waals surface area contributed by atoms with Gasteiger partial charge in [0.15, 0.2) is 0 Å². The van der Waals surface area contributed by atoms with E-state index in [1.807, 2.05) is 20.0 Å². The molecule has 6 heteroatoms. The van der Waals surface area contributed by atoms with Gasteiger partial charge in [-0.25, -0.2) is 4.98 Å². The molecule has 1 N–H and O–H groups in total. The van der Waals surface area contributed by atoms with Crippen molar-refractivity contribution < 1.29 is 9.53 Å². The fourth-order valence-electron chi connectivity index (χ4n) is 2.09. The monoisotopic (exact) mass is 269 g/mol. The van der Waals surface area contributed by atoms with Crippen LogP contribution in [0.3, 0.4) is 0 Å². The van der Waals surface area contributed by atoms with Gasteiger partial charge in [-0.1, -0.05) is 0 Å². The van der Waals surface area contributed by atoms with Crippen LogP contribution < -0.4 is 5.32 Å².